The molecule has 0 spiro atoms. The molecule has 19 heavy (non-hydrogen) atoms. The molecular weight excluding hydrogens is 258 g/mol. The third-order valence-corrected chi connectivity index (χ3v) is 5.14. The molecule has 0 saturated carbocycles. The Morgan fingerprint density at radius 3 is 1.79 bits per heavy atom. The topological polar surface area (TPSA) is 39.7 Å². The van der Waals surface area contributed by atoms with Crippen molar-refractivity contribution in [2.45, 2.75) is 19.4 Å². The van der Waals surface area contributed by atoms with Gasteiger partial charge < -0.3 is 18.6 Å². The van der Waals surface area contributed by atoms with Crippen LogP contribution in [0.4, 0.5) is 0 Å². The van der Waals surface area contributed by atoms with Gasteiger partial charge in [0.15, 0.2) is 0 Å². The lowest BCUT2D eigenvalue weighted by Gasteiger charge is -2.28. The van der Waals surface area contributed by atoms with Crippen molar-refractivity contribution in [3.8, 4) is 0 Å². The van der Waals surface area contributed by atoms with Crippen LogP contribution in [-0.4, -0.2) is 41.7 Å². The predicted octanol–water partition coefficient (Wildman–Crippen LogP) is 2.53. The summed E-state index contributed by atoms with van der Waals surface area (Å²) >= 11 is 0. The third-order valence-electron chi connectivity index (χ3n) is 2.35. The van der Waals surface area contributed by atoms with Gasteiger partial charge in [-0.2, -0.15) is 0 Å². The Kier molecular flexibility index (Phi) is 11.8. The summed E-state index contributed by atoms with van der Waals surface area (Å²) in [5.41, 5.74) is 0. The van der Waals surface area contributed by atoms with Crippen molar-refractivity contribution in [1.29, 1.82) is 0 Å². The van der Waals surface area contributed by atoms with Gasteiger partial charge in [-0.15, -0.1) is 19.7 Å². The molecule has 0 aromatic rings. The number of rotatable bonds is 14. The minimum Gasteiger partial charge on any atom is -0.370 e. The normalized spacial score (nSPS) is 11.2. The molecular formula is C14H27NO3Si. The molecule has 0 amide bonds. The standard InChI is InChI=1S/C14H27NO3Si/c1-5-11-16-19(17-12-6-2,18-13-7-3)14-9-10-15-8-4/h5-7,15H,1-3,8-14H2,4H3. The first-order valence-corrected chi connectivity index (χ1v) is 8.63. The van der Waals surface area contributed by atoms with Crippen LogP contribution in [-0.2, 0) is 13.3 Å². The van der Waals surface area contributed by atoms with E-state index in [2.05, 4.69) is 32.0 Å². The van der Waals surface area contributed by atoms with Crippen molar-refractivity contribution in [3.05, 3.63) is 38.0 Å². The molecule has 0 heterocycles. The average Bonchev–Trinajstić information content (AvgIpc) is 2.44. The first kappa shape index (κ1) is 18.3. The van der Waals surface area contributed by atoms with Crippen molar-refractivity contribution in [2.75, 3.05) is 32.9 Å². The van der Waals surface area contributed by atoms with E-state index in [1.165, 1.54) is 0 Å². The maximum atomic E-state index is 5.82. The van der Waals surface area contributed by atoms with Gasteiger partial charge in [0, 0.05) is 6.04 Å². The maximum absolute atomic E-state index is 5.82. The largest absolute Gasteiger partial charge is 0.501 e. The van der Waals surface area contributed by atoms with Gasteiger partial charge in [-0.25, -0.2) is 0 Å². The van der Waals surface area contributed by atoms with E-state index in [0.717, 1.165) is 25.6 Å². The molecule has 0 fully saturated rings. The lowest BCUT2D eigenvalue weighted by molar-refractivity contribution is 0.0855. The summed E-state index contributed by atoms with van der Waals surface area (Å²) in [7, 11) is -2.66. The smallest absolute Gasteiger partial charge is 0.370 e. The third kappa shape index (κ3) is 8.91. The highest BCUT2D eigenvalue weighted by Crippen LogP contribution is 2.18. The van der Waals surface area contributed by atoms with Gasteiger partial charge in [0.25, 0.3) is 0 Å². The van der Waals surface area contributed by atoms with E-state index in [1.54, 1.807) is 18.2 Å². The van der Waals surface area contributed by atoms with Crippen molar-refractivity contribution in [3.63, 3.8) is 0 Å². The molecule has 0 aliphatic rings. The number of hydrogen-bond donors (Lipinski definition) is 1. The molecule has 1 N–H and O–H groups in total. The van der Waals surface area contributed by atoms with Crippen molar-refractivity contribution < 1.29 is 13.3 Å². The van der Waals surface area contributed by atoms with Crippen LogP contribution >= 0.6 is 0 Å². The zero-order valence-corrected chi connectivity index (χ0v) is 13.0. The summed E-state index contributed by atoms with van der Waals surface area (Å²) < 4.78 is 17.4. The molecule has 0 radical (unpaired) electrons. The summed E-state index contributed by atoms with van der Waals surface area (Å²) in [4.78, 5) is 0. The summed E-state index contributed by atoms with van der Waals surface area (Å²) in [6.07, 6.45) is 6.08. The Hall–Kier alpha value is -0.723. The maximum Gasteiger partial charge on any atom is 0.501 e. The molecule has 0 aliphatic carbocycles. The summed E-state index contributed by atoms with van der Waals surface area (Å²) in [6, 6.07) is 0.773. The van der Waals surface area contributed by atoms with E-state index >= 15 is 0 Å². The molecule has 110 valence electrons. The van der Waals surface area contributed by atoms with Crippen molar-refractivity contribution >= 4 is 8.80 Å². The number of nitrogens with one attached hydrogen (secondary N) is 1. The van der Waals surface area contributed by atoms with E-state index < -0.39 is 8.80 Å². The monoisotopic (exact) mass is 285 g/mol. The van der Waals surface area contributed by atoms with Gasteiger partial charge in [-0.3, -0.25) is 0 Å². The van der Waals surface area contributed by atoms with E-state index in [9.17, 15) is 0 Å². The van der Waals surface area contributed by atoms with Crippen LogP contribution < -0.4 is 5.32 Å². The molecule has 0 aromatic carbocycles. The van der Waals surface area contributed by atoms with Crippen LogP contribution in [0.2, 0.25) is 6.04 Å². The fraction of sp³-hybridized carbons (Fsp3) is 0.571. The predicted molar refractivity (Wildman–Crippen MR) is 82.2 cm³/mol. The van der Waals surface area contributed by atoms with Gasteiger partial charge >= 0.3 is 8.80 Å². The molecule has 0 atom stereocenters. The van der Waals surface area contributed by atoms with Crippen LogP contribution in [0, 0.1) is 0 Å². The van der Waals surface area contributed by atoms with Gasteiger partial charge in [0.2, 0.25) is 0 Å². The van der Waals surface area contributed by atoms with Crippen molar-refractivity contribution in [1.82, 2.24) is 5.32 Å². The SMILES string of the molecule is C=CCO[Si](CCCNCC)(OCC=C)OCC=C. The highest BCUT2D eigenvalue weighted by atomic mass is 28.4. The van der Waals surface area contributed by atoms with E-state index in [1.807, 2.05) is 0 Å². The Morgan fingerprint density at radius 1 is 0.947 bits per heavy atom. The minimum absolute atomic E-state index is 0.432. The second-order valence-electron chi connectivity index (χ2n) is 3.94. The zero-order chi connectivity index (χ0) is 14.4. The quantitative estimate of drug-likeness (QED) is 0.302. The molecule has 0 bridgehead atoms. The van der Waals surface area contributed by atoms with Crippen LogP contribution in [0.5, 0.6) is 0 Å². The van der Waals surface area contributed by atoms with Gasteiger partial charge in [0.1, 0.15) is 0 Å². The Bertz CT molecular complexity index is 228. The number of hydrogen-bond acceptors (Lipinski definition) is 4. The van der Waals surface area contributed by atoms with Crippen LogP contribution in [0.25, 0.3) is 0 Å². The first-order valence-electron chi connectivity index (χ1n) is 6.70. The Morgan fingerprint density at radius 2 is 1.42 bits per heavy atom. The molecule has 5 heteroatoms. The average molecular weight is 285 g/mol. The minimum atomic E-state index is -2.66. The molecule has 0 aromatic heterocycles. The highest BCUT2D eigenvalue weighted by Gasteiger charge is 2.40. The second kappa shape index (κ2) is 12.3. The van der Waals surface area contributed by atoms with Gasteiger partial charge in [-0.1, -0.05) is 25.2 Å². The molecule has 4 nitrogen and oxygen atoms in total. The second-order valence-corrected chi connectivity index (χ2v) is 6.67. The van der Waals surface area contributed by atoms with Crippen LogP contribution in [0.1, 0.15) is 13.3 Å². The zero-order valence-electron chi connectivity index (χ0n) is 12.0. The Labute approximate surface area is 118 Å². The lowest BCUT2D eigenvalue weighted by atomic mass is 10.5. The Balaban J connectivity index is 4.50. The van der Waals surface area contributed by atoms with E-state index in [0.29, 0.717) is 19.8 Å². The molecule has 0 rings (SSSR count). The summed E-state index contributed by atoms with van der Waals surface area (Å²) in [6.45, 7) is 16.3. The highest BCUT2D eigenvalue weighted by molar-refractivity contribution is 6.60. The lowest BCUT2D eigenvalue weighted by Crippen LogP contribution is -2.46. The summed E-state index contributed by atoms with van der Waals surface area (Å²) in [5.74, 6) is 0. The van der Waals surface area contributed by atoms with Crippen LogP contribution in [0.3, 0.4) is 0 Å². The van der Waals surface area contributed by atoms with Crippen molar-refractivity contribution in [2.24, 2.45) is 0 Å². The fourth-order valence-electron chi connectivity index (χ4n) is 1.51. The fourth-order valence-corrected chi connectivity index (χ4v) is 3.91. The molecule has 0 aliphatic heterocycles. The molecule has 0 unspecified atom stereocenters. The van der Waals surface area contributed by atoms with E-state index in [-0.39, 0.29) is 0 Å². The van der Waals surface area contributed by atoms with E-state index in [4.69, 9.17) is 13.3 Å². The van der Waals surface area contributed by atoms with Crippen LogP contribution in [0.15, 0.2) is 38.0 Å². The summed E-state index contributed by atoms with van der Waals surface area (Å²) in [5, 5.41) is 3.28. The van der Waals surface area contributed by atoms with Gasteiger partial charge in [0.05, 0.1) is 19.8 Å². The first-order chi connectivity index (χ1) is 9.24. The van der Waals surface area contributed by atoms with Gasteiger partial charge in [-0.05, 0) is 19.5 Å². The molecule has 0 saturated heterocycles.